The number of hydrogen-bond acceptors (Lipinski definition) is 2. The maximum Gasteiger partial charge on any atom is 0.175 e. The van der Waals surface area contributed by atoms with E-state index in [1.54, 1.807) is 0 Å². The fourth-order valence-corrected chi connectivity index (χ4v) is 0.917. The highest BCUT2D eigenvalue weighted by molar-refractivity contribution is 6.69. The highest BCUT2D eigenvalue weighted by Gasteiger charge is 2.04. The molecule has 0 bridgehead atoms. The molecule has 0 radical (unpaired) electrons. The topological polar surface area (TPSA) is 32.6 Å². The van der Waals surface area contributed by atoms with E-state index in [2.05, 4.69) is 5.16 Å². The highest BCUT2D eigenvalue weighted by Crippen LogP contribution is 2.16. The molecule has 0 aliphatic carbocycles. The molecule has 1 rings (SSSR count). The van der Waals surface area contributed by atoms with Gasteiger partial charge in [-0.3, -0.25) is 0 Å². The molecule has 2 nitrogen and oxygen atoms in total. The summed E-state index contributed by atoms with van der Waals surface area (Å²) in [6, 6.07) is 3.87. The molecule has 0 saturated carbocycles. The smallest absolute Gasteiger partial charge is 0.175 e. The van der Waals surface area contributed by atoms with Crippen molar-refractivity contribution in [2.45, 2.75) is 0 Å². The maximum absolute atomic E-state index is 12.7. The van der Waals surface area contributed by atoms with Crippen LogP contribution in [0.15, 0.2) is 23.4 Å². The third kappa shape index (κ3) is 1.87. The second-order valence-electron chi connectivity index (χ2n) is 2.02. The summed E-state index contributed by atoms with van der Waals surface area (Å²) < 4.78 is 12.7. The molecular formula is C7H4Cl2FNO. The monoisotopic (exact) mass is 207 g/mol. The molecular weight excluding hydrogens is 204 g/mol. The first-order chi connectivity index (χ1) is 5.65. The zero-order valence-corrected chi connectivity index (χ0v) is 7.27. The summed E-state index contributed by atoms with van der Waals surface area (Å²) in [6.45, 7) is 0. The second kappa shape index (κ2) is 3.74. The van der Waals surface area contributed by atoms with Gasteiger partial charge < -0.3 is 5.21 Å². The van der Waals surface area contributed by atoms with Crippen LogP contribution in [0.25, 0.3) is 0 Å². The SMILES string of the molecule is O/N=C(\Cl)c1ccc(Cl)c(F)c1. The Morgan fingerprint density at radius 1 is 1.50 bits per heavy atom. The van der Waals surface area contributed by atoms with Gasteiger partial charge in [-0.1, -0.05) is 34.4 Å². The lowest BCUT2D eigenvalue weighted by atomic mass is 10.2. The number of nitrogens with zero attached hydrogens (tertiary/aromatic N) is 1. The average Bonchev–Trinajstić information content (AvgIpc) is 2.08. The third-order valence-electron chi connectivity index (χ3n) is 1.25. The third-order valence-corrected chi connectivity index (χ3v) is 1.85. The van der Waals surface area contributed by atoms with Crippen LogP contribution in [0.2, 0.25) is 5.02 Å². The van der Waals surface area contributed by atoms with Crippen LogP contribution >= 0.6 is 23.2 Å². The Kier molecular flexibility index (Phi) is 2.89. The zero-order chi connectivity index (χ0) is 9.14. The molecule has 1 aromatic carbocycles. The molecule has 0 heterocycles. The van der Waals surface area contributed by atoms with E-state index in [9.17, 15) is 4.39 Å². The van der Waals surface area contributed by atoms with E-state index in [4.69, 9.17) is 28.4 Å². The van der Waals surface area contributed by atoms with Crippen LogP contribution in [-0.4, -0.2) is 10.4 Å². The largest absolute Gasteiger partial charge is 0.410 e. The van der Waals surface area contributed by atoms with E-state index in [0.717, 1.165) is 6.07 Å². The summed E-state index contributed by atoms with van der Waals surface area (Å²) >= 11 is 10.8. The first-order valence-corrected chi connectivity index (χ1v) is 3.73. The standard InChI is InChI=1S/C7H4Cl2FNO/c8-5-2-1-4(3-6(5)10)7(9)11-12/h1-3,12H/b11-7-. The number of halogens is 3. The van der Waals surface area contributed by atoms with Crippen molar-refractivity contribution in [3.05, 3.63) is 34.6 Å². The fraction of sp³-hybridized carbons (Fsp3) is 0. The van der Waals surface area contributed by atoms with E-state index in [-0.39, 0.29) is 15.8 Å². The minimum Gasteiger partial charge on any atom is -0.410 e. The first-order valence-electron chi connectivity index (χ1n) is 2.98. The van der Waals surface area contributed by atoms with Crippen molar-refractivity contribution in [2.24, 2.45) is 5.16 Å². The molecule has 1 N–H and O–H groups in total. The van der Waals surface area contributed by atoms with Crippen molar-refractivity contribution < 1.29 is 9.60 Å². The van der Waals surface area contributed by atoms with Crippen molar-refractivity contribution in [1.29, 1.82) is 0 Å². The van der Waals surface area contributed by atoms with E-state index < -0.39 is 5.82 Å². The molecule has 0 aromatic heterocycles. The Morgan fingerprint density at radius 2 is 2.17 bits per heavy atom. The van der Waals surface area contributed by atoms with Crippen molar-refractivity contribution in [3.8, 4) is 0 Å². The van der Waals surface area contributed by atoms with Gasteiger partial charge in [0.25, 0.3) is 0 Å². The molecule has 12 heavy (non-hydrogen) atoms. The van der Waals surface area contributed by atoms with Crippen molar-refractivity contribution in [2.75, 3.05) is 0 Å². The molecule has 64 valence electrons. The lowest BCUT2D eigenvalue weighted by Crippen LogP contribution is -1.91. The molecule has 0 unspecified atom stereocenters. The molecule has 0 saturated heterocycles. The Hall–Kier alpha value is -0.800. The van der Waals surface area contributed by atoms with Gasteiger partial charge in [0, 0.05) is 5.56 Å². The molecule has 0 atom stereocenters. The van der Waals surface area contributed by atoms with Crippen molar-refractivity contribution >= 4 is 28.4 Å². The van der Waals surface area contributed by atoms with E-state index >= 15 is 0 Å². The van der Waals surface area contributed by atoms with Crippen LogP contribution in [0.3, 0.4) is 0 Å². The summed E-state index contributed by atoms with van der Waals surface area (Å²) in [4.78, 5) is 0. The highest BCUT2D eigenvalue weighted by atomic mass is 35.5. The maximum atomic E-state index is 12.7. The van der Waals surface area contributed by atoms with Crippen molar-refractivity contribution in [3.63, 3.8) is 0 Å². The van der Waals surface area contributed by atoms with Gasteiger partial charge in [0.05, 0.1) is 5.02 Å². The first kappa shape index (κ1) is 9.29. The number of hydrogen-bond donors (Lipinski definition) is 1. The van der Waals surface area contributed by atoms with E-state index in [1.807, 2.05) is 0 Å². The Bertz CT molecular complexity index is 327. The lowest BCUT2D eigenvalue weighted by Gasteiger charge is -1.97. The van der Waals surface area contributed by atoms with Gasteiger partial charge in [-0.05, 0) is 12.1 Å². The van der Waals surface area contributed by atoms with Gasteiger partial charge >= 0.3 is 0 Å². The van der Waals surface area contributed by atoms with E-state index in [0.29, 0.717) is 0 Å². The normalized spacial score (nSPS) is 11.8. The zero-order valence-electron chi connectivity index (χ0n) is 5.76. The van der Waals surface area contributed by atoms with Crippen LogP contribution in [0.1, 0.15) is 5.56 Å². The fourth-order valence-electron chi connectivity index (χ4n) is 0.682. The second-order valence-corrected chi connectivity index (χ2v) is 2.78. The summed E-state index contributed by atoms with van der Waals surface area (Å²) in [7, 11) is 0. The van der Waals surface area contributed by atoms with Gasteiger partial charge in [-0.25, -0.2) is 4.39 Å². The van der Waals surface area contributed by atoms with Crippen LogP contribution in [0.5, 0.6) is 0 Å². The van der Waals surface area contributed by atoms with Crippen LogP contribution < -0.4 is 0 Å². The Labute approximate surface area is 78.2 Å². The molecule has 0 aliphatic heterocycles. The van der Waals surface area contributed by atoms with E-state index in [1.165, 1.54) is 12.1 Å². The predicted octanol–water partition coefficient (Wildman–Crippen LogP) is 2.85. The average molecular weight is 208 g/mol. The number of benzene rings is 1. The quantitative estimate of drug-likeness (QED) is 0.429. The molecule has 1 aromatic rings. The molecule has 5 heteroatoms. The van der Waals surface area contributed by atoms with Crippen molar-refractivity contribution in [1.82, 2.24) is 0 Å². The minimum absolute atomic E-state index is 0.00107. The van der Waals surface area contributed by atoms with Crippen LogP contribution in [-0.2, 0) is 0 Å². The number of oxime groups is 1. The summed E-state index contributed by atoms with van der Waals surface area (Å²) in [5.41, 5.74) is 0.279. The van der Waals surface area contributed by atoms with Crippen LogP contribution in [0, 0.1) is 5.82 Å². The Balaban J connectivity index is 3.13. The van der Waals surface area contributed by atoms with Gasteiger partial charge in [0.2, 0.25) is 0 Å². The molecule has 0 fully saturated rings. The summed E-state index contributed by atoms with van der Waals surface area (Å²) in [5.74, 6) is -0.601. The number of rotatable bonds is 1. The van der Waals surface area contributed by atoms with Gasteiger partial charge in [0.15, 0.2) is 5.17 Å². The summed E-state index contributed by atoms with van der Waals surface area (Å²) in [6.07, 6.45) is 0. The molecule has 0 spiro atoms. The Morgan fingerprint density at radius 3 is 2.67 bits per heavy atom. The predicted molar refractivity (Wildman–Crippen MR) is 45.6 cm³/mol. The summed E-state index contributed by atoms with van der Waals surface area (Å²) in [5, 5.41) is 10.8. The lowest BCUT2D eigenvalue weighted by molar-refractivity contribution is 0.321. The molecule has 0 aliphatic rings. The minimum atomic E-state index is -0.601. The van der Waals surface area contributed by atoms with Gasteiger partial charge in [-0.15, -0.1) is 0 Å². The van der Waals surface area contributed by atoms with Crippen LogP contribution in [0.4, 0.5) is 4.39 Å². The van der Waals surface area contributed by atoms with Gasteiger partial charge in [0.1, 0.15) is 5.82 Å². The van der Waals surface area contributed by atoms with Gasteiger partial charge in [-0.2, -0.15) is 0 Å². The molecule has 0 amide bonds.